The van der Waals surface area contributed by atoms with Crippen molar-refractivity contribution in [2.75, 3.05) is 47.5 Å². The standard InChI is InChI=1S/C72H125NO8/c1-6-8-10-12-14-16-18-20-22-23-24-25-26-27-28-29-30-31-32-33-34-35-36-37-38-39-40-41-42-43-44-45-46-47-49-51-53-55-57-59-61-63-70(75)81-68(67-80-72(71(76)77)78-65-64-73(3,4)5)66-79-69(74)62-60-58-56-54-52-50-48-21-19-17-15-13-11-9-7-2/h8,10,14-17,20-22,24-25,27-28,30-31,48,68,72H,6-7,9,11-13,18-19,23,26,29,32-47,49-67H2,1-5H3/b10-8-,16-14-,17-15-,22-20-,25-24-,28-27-,31-30-,48-21-. The Labute approximate surface area is 499 Å². The van der Waals surface area contributed by atoms with Gasteiger partial charge >= 0.3 is 11.9 Å². The highest BCUT2D eigenvalue weighted by molar-refractivity contribution is 5.70. The number of nitrogens with zero attached hydrogens (tertiary/aromatic N) is 1. The van der Waals surface area contributed by atoms with Crippen LogP contribution in [0.3, 0.4) is 0 Å². The molecule has 9 heteroatoms. The first kappa shape index (κ1) is 77.2. The van der Waals surface area contributed by atoms with Gasteiger partial charge in [0, 0.05) is 12.8 Å². The van der Waals surface area contributed by atoms with Gasteiger partial charge in [-0.25, -0.2) is 0 Å². The minimum Gasteiger partial charge on any atom is -0.545 e. The fraction of sp³-hybridized carbons (Fsp3) is 0.736. The average Bonchev–Trinajstić information content (AvgIpc) is 3.44. The monoisotopic (exact) mass is 1130 g/mol. The Bertz CT molecular complexity index is 1650. The van der Waals surface area contributed by atoms with Gasteiger partial charge < -0.3 is 33.3 Å². The molecule has 0 aliphatic rings. The normalized spacial score (nSPS) is 13.3. The smallest absolute Gasteiger partial charge is 0.306 e. The van der Waals surface area contributed by atoms with E-state index in [1.807, 2.05) is 21.1 Å². The number of ether oxygens (including phenoxy) is 4. The lowest BCUT2D eigenvalue weighted by Gasteiger charge is -2.26. The van der Waals surface area contributed by atoms with Crippen LogP contribution in [-0.2, 0) is 33.3 Å². The predicted molar refractivity (Wildman–Crippen MR) is 343 cm³/mol. The van der Waals surface area contributed by atoms with Gasteiger partial charge in [-0.05, 0) is 96.3 Å². The number of carboxylic acid groups (broad SMARTS) is 1. The third kappa shape index (κ3) is 63.6. The molecule has 0 N–H and O–H groups in total. The van der Waals surface area contributed by atoms with Gasteiger partial charge in [0.05, 0.1) is 40.3 Å². The van der Waals surface area contributed by atoms with Crippen LogP contribution >= 0.6 is 0 Å². The molecule has 0 bridgehead atoms. The molecular weight excluding hydrogens is 1010 g/mol. The molecule has 0 amide bonds. The molecular formula is C72H125NO8. The van der Waals surface area contributed by atoms with E-state index in [0.29, 0.717) is 17.4 Å². The molecule has 2 unspecified atom stereocenters. The highest BCUT2D eigenvalue weighted by Gasteiger charge is 2.22. The molecule has 0 fully saturated rings. The van der Waals surface area contributed by atoms with Crippen LogP contribution in [0.25, 0.3) is 0 Å². The van der Waals surface area contributed by atoms with Crippen LogP contribution in [0.5, 0.6) is 0 Å². The molecule has 0 saturated carbocycles. The Morgan fingerprint density at radius 3 is 1.05 bits per heavy atom. The van der Waals surface area contributed by atoms with Gasteiger partial charge in [-0.3, -0.25) is 9.59 Å². The number of quaternary nitrogens is 1. The van der Waals surface area contributed by atoms with Crippen LogP contribution in [0.2, 0.25) is 0 Å². The first-order chi connectivity index (χ1) is 39.6. The average molecular weight is 1130 g/mol. The number of carbonyl (C=O) groups is 3. The molecule has 0 aliphatic carbocycles. The Morgan fingerprint density at radius 2 is 0.704 bits per heavy atom. The number of hydrogen-bond donors (Lipinski definition) is 0. The summed E-state index contributed by atoms with van der Waals surface area (Å²) in [4.78, 5) is 37.3. The molecule has 0 aromatic carbocycles. The summed E-state index contributed by atoms with van der Waals surface area (Å²) >= 11 is 0. The topological polar surface area (TPSA) is 111 Å². The number of esters is 2. The van der Waals surface area contributed by atoms with E-state index in [4.69, 9.17) is 18.9 Å². The Hall–Kier alpha value is -3.79. The summed E-state index contributed by atoms with van der Waals surface area (Å²) in [6.07, 6.45) is 82.1. The molecule has 0 saturated heterocycles. The fourth-order valence-corrected chi connectivity index (χ4v) is 9.22. The van der Waals surface area contributed by atoms with Crippen LogP contribution in [0, 0.1) is 0 Å². The molecule has 0 spiro atoms. The van der Waals surface area contributed by atoms with E-state index in [0.717, 1.165) is 96.3 Å². The molecule has 0 rings (SSSR count). The first-order valence-electron chi connectivity index (χ1n) is 33.4. The highest BCUT2D eigenvalue weighted by Crippen LogP contribution is 2.17. The molecule has 2 atom stereocenters. The van der Waals surface area contributed by atoms with Crippen LogP contribution in [0.4, 0.5) is 0 Å². The van der Waals surface area contributed by atoms with Gasteiger partial charge in [-0.15, -0.1) is 0 Å². The summed E-state index contributed by atoms with van der Waals surface area (Å²) in [6.45, 7) is 4.60. The first-order valence-corrected chi connectivity index (χ1v) is 33.4. The minimum absolute atomic E-state index is 0.144. The zero-order chi connectivity index (χ0) is 59.1. The quantitative estimate of drug-likeness (QED) is 0.0195. The third-order valence-corrected chi connectivity index (χ3v) is 14.3. The molecule has 81 heavy (non-hydrogen) atoms. The van der Waals surface area contributed by atoms with E-state index in [1.165, 1.54) is 154 Å². The van der Waals surface area contributed by atoms with E-state index in [-0.39, 0.29) is 38.6 Å². The third-order valence-electron chi connectivity index (χ3n) is 14.3. The van der Waals surface area contributed by atoms with Gasteiger partial charge in [0.25, 0.3) is 0 Å². The highest BCUT2D eigenvalue weighted by atomic mass is 16.7. The second kappa shape index (κ2) is 62.3. The van der Waals surface area contributed by atoms with E-state index in [1.54, 1.807) is 0 Å². The lowest BCUT2D eigenvalue weighted by atomic mass is 10.0. The zero-order valence-electron chi connectivity index (χ0n) is 53.1. The van der Waals surface area contributed by atoms with Crippen molar-refractivity contribution in [1.82, 2.24) is 0 Å². The summed E-state index contributed by atoms with van der Waals surface area (Å²) in [7, 11) is 5.92. The number of hydrogen-bond acceptors (Lipinski definition) is 8. The van der Waals surface area contributed by atoms with E-state index in [9.17, 15) is 19.5 Å². The molecule has 0 heterocycles. The molecule has 9 nitrogen and oxygen atoms in total. The van der Waals surface area contributed by atoms with Crippen molar-refractivity contribution in [1.29, 1.82) is 0 Å². The van der Waals surface area contributed by atoms with Crippen LogP contribution in [0.1, 0.15) is 284 Å². The maximum Gasteiger partial charge on any atom is 0.306 e. The van der Waals surface area contributed by atoms with E-state index >= 15 is 0 Å². The number of carboxylic acids is 1. The van der Waals surface area contributed by atoms with Gasteiger partial charge in [0.15, 0.2) is 12.4 Å². The molecule has 0 aromatic heterocycles. The molecule has 0 aliphatic heterocycles. The minimum atomic E-state index is -1.63. The van der Waals surface area contributed by atoms with Crippen molar-refractivity contribution in [2.24, 2.45) is 0 Å². The maximum atomic E-state index is 12.9. The second-order valence-corrected chi connectivity index (χ2v) is 23.4. The Balaban J connectivity index is 3.98. The lowest BCUT2D eigenvalue weighted by molar-refractivity contribution is -0.870. The Kier molecular flexibility index (Phi) is 59.3. The molecule has 466 valence electrons. The van der Waals surface area contributed by atoms with Crippen molar-refractivity contribution in [3.05, 3.63) is 97.2 Å². The second-order valence-electron chi connectivity index (χ2n) is 23.4. The SMILES string of the molecule is CC/C=C\C/C=C\C/C=C\C/C=C\C/C=C\C/C=C\CCCCCCCCCCCCCCCCCCCCCCCCC(=O)OC(COC(=O)CCCCCCC/C=C\C/C=C\CCCCC)COC(OCC[N+](C)(C)C)C(=O)[O-]. The number of carbonyl (C=O) groups excluding carboxylic acids is 3. The summed E-state index contributed by atoms with van der Waals surface area (Å²) in [5, 5.41) is 11.8. The summed E-state index contributed by atoms with van der Waals surface area (Å²) < 4.78 is 22.7. The predicted octanol–water partition coefficient (Wildman–Crippen LogP) is 19.1. The van der Waals surface area contributed by atoms with Crippen molar-refractivity contribution in [3.8, 4) is 0 Å². The lowest BCUT2D eigenvalue weighted by Crippen LogP contribution is -2.44. The van der Waals surface area contributed by atoms with Crippen LogP contribution in [-0.4, -0.2) is 82.3 Å². The van der Waals surface area contributed by atoms with Crippen LogP contribution < -0.4 is 5.11 Å². The number of likely N-dealkylation sites (N-methyl/N-ethyl adjacent to an activating group) is 1. The number of allylic oxidation sites excluding steroid dienone is 16. The van der Waals surface area contributed by atoms with Crippen LogP contribution in [0.15, 0.2) is 97.2 Å². The fourth-order valence-electron chi connectivity index (χ4n) is 9.22. The summed E-state index contributed by atoms with van der Waals surface area (Å²) in [6, 6.07) is 0. The van der Waals surface area contributed by atoms with Gasteiger partial charge in [0.2, 0.25) is 0 Å². The maximum absolute atomic E-state index is 12.9. The summed E-state index contributed by atoms with van der Waals surface area (Å²) in [5.41, 5.74) is 0. The van der Waals surface area contributed by atoms with Crippen molar-refractivity contribution in [3.63, 3.8) is 0 Å². The largest absolute Gasteiger partial charge is 0.545 e. The van der Waals surface area contributed by atoms with E-state index in [2.05, 4.69) is 111 Å². The number of unbranched alkanes of at least 4 members (excludes halogenated alkanes) is 30. The van der Waals surface area contributed by atoms with Crippen molar-refractivity contribution >= 4 is 17.9 Å². The summed E-state index contributed by atoms with van der Waals surface area (Å²) in [5.74, 6) is -2.29. The van der Waals surface area contributed by atoms with Gasteiger partial charge in [-0.2, -0.15) is 0 Å². The number of rotatable bonds is 61. The molecule has 0 aromatic rings. The van der Waals surface area contributed by atoms with Gasteiger partial charge in [0.1, 0.15) is 13.2 Å². The van der Waals surface area contributed by atoms with Gasteiger partial charge in [-0.1, -0.05) is 272 Å². The van der Waals surface area contributed by atoms with Crippen molar-refractivity contribution < 1.29 is 42.9 Å². The van der Waals surface area contributed by atoms with Crippen molar-refractivity contribution in [2.45, 2.75) is 296 Å². The Morgan fingerprint density at radius 1 is 0.383 bits per heavy atom. The molecule has 0 radical (unpaired) electrons. The number of aliphatic carboxylic acids is 1. The van der Waals surface area contributed by atoms with E-state index < -0.39 is 24.3 Å². The zero-order valence-corrected chi connectivity index (χ0v) is 53.1.